The second kappa shape index (κ2) is 7.91. The van der Waals surface area contributed by atoms with Crippen LogP contribution < -0.4 is 11.3 Å². The Labute approximate surface area is 159 Å². The van der Waals surface area contributed by atoms with E-state index in [1.165, 1.54) is 0 Å². The maximum absolute atomic E-state index is 11.9. The topological polar surface area (TPSA) is 79.1 Å². The fourth-order valence-corrected chi connectivity index (χ4v) is 3.29. The molecule has 3 aromatic rings. The molecule has 1 heterocycles. The molecule has 0 aliphatic rings. The van der Waals surface area contributed by atoms with E-state index in [-0.39, 0.29) is 12.2 Å². The van der Waals surface area contributed by atoms with Gasteiger partial charge in [-0.25, -0.2) is 0 Å². The molecule has 4 heteroatoms. The van der Waals surface area contributed by atoms with E-state index in [1.807, 2.05) is 55.5 Å². The highest BCUT2D eigenvalue weighted by Crippen LogP contribution is 2.26. The van der Waals surface area contributed by atoms with Crippen LogP contribution in [0.3, 0.4) is 0 Å². The Hall–Kier alpha value is -2.69. The molecule has 1 aromatic heterocycles. The number of aromatic nitrogens is 1. The third-order valence-corrected chi connectivity index (χ3v) is 4.82. The molecule has 1 unspecified atom stereocenters. The average molecular weight is 362 g/mol. The normalized spacial score (nSPS) is 13.9. The van der Waals surface area contributed by atoms with Gasteiger partial charge in [0, 0.05) is 23.2 Å². The lowest BCUT2D eigenvalue weighted by molar-refractivity contribution is 0.303. The molecule has 0 aliphatic carbocycles. The lowest BCUT2D eigenvalue weighted by Crippen LogP contribution is -2.35. The standard InChI is InChI=1S/C23H26N2O2/c1-16-12-19-9-10-20(14-21(19)25-22(16)27)23(2,24)15-18-8-5-7-17(13-18)6-3-4-11-26/h3,5-10,12-14,26H,4,11,15,24H2,1-2H3,(H,25,27)/b6-3+. The van der Waals surface area contributed by atoms with Gasteiger partial charge >= 0.3 is 0 Å². The summed E-state index contributed by atoms with van der Waals surface area (Å²) in [6.45, 7) is 3.97. The van der Waals surface area contributed by atoms with Crippen LogP contribution in [0.15, 0.2) is 59.4 Å². The molecule has 27 heavy (non-hydrogen) atoms. The summed E-state index contributed by atoms with van der Waals surface area (Å²) in [5.41, 5.74) is 10.8. The van der Waals surface area contributed by atoms with Crippen molar-refractivity contribution in [1.29, 1.82) is 0 Å². The molecule has 1 atom stereocenters. The molecule has 0 saturated heterocycles. The molecule has 140 valence electrons. The van der Waals surface area contributed by atoms with Crippen molar-refractivity contribution in [2.75, 3.05) is 6.61 Å². The van der Waals surface area contributed by atoms with Gasteiger partial charge in [0.25, 0.3) is 5.56 Å². The largest absolute Gasteiger partial charge is 0.396 e. The third-order valence-electron chi connectivity index (χ3n) is 4.82. The summed E-state index contributed by atoms with van der Waals surface area (Å²) >= 11 is 0. The van der Waals surface area contributed by atoms with E-state index in [9.17, 15) is 4.79 Å². The number of nitrogens with two attached hydrogens (primary N) is 1. The SMILES string of the molecule is Cc1cc2ccc(C(C)(N)Cc3cccc(/C=C/CCO)c3)cc2[nH]c1=O. The van der Waals surface area contributed by atoms with Crippen LogP contribution in [0.1, 0.15) is 35.6 Å². The van der Waals surface area contributed by atoms with Gasteiger partial charge in [-0.05, 0) is 60.9 Å². The minimum absolute atomic E-state index is 0.0688. The van der Waals surface area contributed by atoms with Crippen molar-refractivity contribution < 1.29 is 5.11 Å². The number of aryl methyl sites for hydroxylation is 1. The zero-order chi connectivity index (χ0) is 19.4. The van der Waals surface area contributed by atoms with Crippen LogP contribution in [0, 0.1) is 6.92 Å². The number of hydrogen-bond acceptors (Lipinski definition) is 3. The summed E-state index contributed by atoms with van der Waals surface area (Å²) < 4.78 is 0. The number of nitrogens with one attached hydrogen (secondary N) is 1. The van der Waals surface area contributed by atoms with Crippen LogP contribution in [-0.4, -0.2) is 16.7 Å². The van der Waals surface area contributed by atoms with Gasteiger partial charge in [-0.2, -0.15) is 0 Å². The van der Waals surface area contributed by atoms with Gasteiger partial charge in [0.05, 0.1) is 0 Å². The van der Waals surface area contributed by atoms with Crippen LogP contribution in [0.2, 0.25) is 0 Å². The number of rotatable bonds is 6. The molecule has 0 fully saturated rings. The van der Waals surface area contributed by atoms with E-state index >= 15 is 0 Å². The molecule has 0 radical (unpaired) electrons. The van der Waals surface area contributed by atoms with Crippen LogP contribution in [0.4, 0.5) is 0 Å². The lowest BCUT2D eigenvalue weighted by atomic mass is 9.85. The zero-order valence-corrected chi connectivity index (χ0v) is 15.8. The highest BCUT2D eigenvalue weighted by atomic mass is 16.2. The maximum atomic E-state index is 11.9. The van der Waals surface area contributed by atoms with Gasteiger partial charge in [0.15, 0.2) is 0 Å². The Morgan fingerprint density at radius 3 is 2.78 bits per heavy atom. The van der Waals surface area contributed by atoms with Gasteiger partial charge in [-0.15, -0.1) is 0 Å². The maximum Gasteiger partial charge on any atom is 0.251 e. The molecular weight excluding hydrogens is 336 g/mol. The van der Waals surface area contributed by atoms with E-state index in [4.69, 9.17) is 10.8 Å². The van der Waals surface area contributed by atoms with Crippen molar-refractivity contribution in [3.05, 3.63) is 87.2 Å². The predicted octanol–water partition coefficient (Wildman–Crippen LogP) is 3.65. The van der Waals surface area contributed by atoms with Gasteiger partial charge < -0.3 is 15.8 Å². The third kappa shape index (κ3) is 4.54. The Bertz CT molecular complexity index is 1030. The quantitative estimate of drug-likeness (QED) is 0.626. The Morgan fingerprint density at radius 1 is 1.19 bits per heavy atom. The van der Waals surface area contributed by atoms with Gasteiger partial charge in [0.1, 0.15) is 0 Å². The van der Waals surface area contributed by atoms with Crippen molar-refractivity contribution in [3.8, 4) is 0 Å². The number of aromatic amines is 1. The van der Waals surface area contributed by atoms with Crippen LogP contribution in [0.5, 0.6) is 0 Å². The van der Waals surface area contributed by atoms with Crippen LogP contribution in [-0.2, 0) is 12.0 Å². The average Bonchev–Trinajstić information content (AvgIpc) is 2.62. The first-order valence-electron chi connectivity index (χ1n) is 9.18. The van der Waals surface area contributed by atoms with Crippen molar-refractivity contribution >= 4 is 17.0 Å². The monoisotopic (exact) mass is 362 g/mol. The molecular formula is C23H26N2O2. The molecule has 4 N–H and O–H groups in total. The molecule has 3 rings (SSSR count). The van der Waals surface area contributed by atoms with Crippen molar-refractivity contribution in [3.63, 3.8) is 0 Å². The Balaban J connectivity index is 1.88. The fraction of sp³-hybridized carbons (Fsp3) is 0.261. The summed E-state index contributed by atoms with van der Waals surface area (Å²) in [5, 5.41) is 9.90. The number of H-pyrrole nitrogens is 1. The molecule has 0 spiro atoms. The van der Waals surface area contributed by atoms with E-state index in [1.54, 1.807) is 6.92 Å². The van der Waals surface area contributed by atoms with Gasteiger partial charge in [0.2, 0.25) is 0 Å². The smallest absolute Gasteiger partial charge is 0.251 e. The zero-order valence-electron chi connectivity index (χ0n) is 15.8. The van der Waals surface area contributed by atoms with Crippen LogP contribution in [0.25, 0.3) is 17.0 Å². The lowest BCUT2D eigenvalue weighted by Gasteiger charge is -2.26. The summed E-state index contributed by atoms with van der Waals surface area (Å²) in [5.74, 6) is 0. The first-order valence-corrected chi connectivity index (χ1v) is 9.18. The number of aliphatic hydroxyl groups excluding tert-OH is 1. The highest BCUT2D eigenvalue weighted by molar-refractivity contribution is 5.79. The molecule has 0 saturated carbocycles. The Morgan fingerprint density at radius 2 is 2.00 bits per heavy atom. The van der Waals surface area contributed by atoms with Gasteiger partial charge in [-0.3, -0.25) is 4.79 Å². The molecule has 4 nitrogen and oxygen atoms in total. The number of fused-ring (bicyclic) bond motifs is 1. The van der Waals surface area contributed by atoms with Crippen molar-refractivity contribution in [2.24, 2.45) is 5.73 Å². The van der Waals surface area contributed by atoms with E-state index in [0.717, 1.165) is 27.6 Å². The second-order valence-corrected chi connectivity index (χ2v) is 7.34. The van der Waals surface area contributed by atoms with Crippen molar-refractivity contribution in [1.82, 2.24) is 4.98 Å². The highest BCUT2D eigenvalue weighted by Gasteiger charge is 2.22. The van der Waals surface area contributed by atoms with E-state index in [0.29, 0.717) is 18.4 Å². The Kier molecular flexibility index (Phi) is 5.59. The number of aliphatic hydroxyl groups is 1. The second-order valence-electron chi connectivity index (χ2n) is 7.34. The molecule has 0 bridgehead atoms. The van der Waals surface area contributed by atoms with E-state index < -0.39 is 5.54 Å². The van der Waals surface area contributed by atoms with Gasteiger partial charge in [-0.1, -0.05) is 48.6 Å². The first kappa shape index (κ1) is 19.1. The molecule has 0 amide bonds. The predicted molar refractivity (Wildman–Crippen MR) is 112 cm³/mol. The summed E-state index contributed by atoms with van der Waals surface area (Å²) in [6, 6.07) is 16.2. The van der Waals surface area contributed by atoms with E-state index in [2.05, 4.69) is 17.1 Å². The number of benzene rings is 2. The van der Waals surface area contributed by atoms with Crippen molar-refractivity contribution in [2.45, 2.75) is 32.2 Å². The summed E-state index contributed by atoms with van der Waals surface area (Å²) in [7, 11) is 0. The minimum atomic E-state index is -0.566. The molecule has 0 aliphatic heterocycles. The number of hydrogen-bond donors (Lipinski definition) is 3. The van der Waals surface area contributed by atoms with Crippen LogP contribution >= 0.6 is 0 Å². The number of pyridine rings is 1. The molecule has 2 aromatic carbocycles. The fourth-order valence-electron chi connectivity index (χ4n) is 3.29. The minimum Gasteiger partial charge on any atom is -0.396 e. The first-order chi connectivity index (χ1) is 12.9. The summed E-state index contributed by atoms with van der Waals surface area (Å²) in [6.07, 6.45) is 5.29. The summed E-state index contributed by atoms with van der Waals surface area (Å²) in [4.78, 5) is 14.9.